The predicted molar refractivity (Wildman–Crippen MR) is 90.1 cm³/mol. The van der Waals surface area contributed by atoms with Gasteiger partial charge >= 0.3 is 11.9 Å². The molecule has 0 aromatic carbocycles. The summed E-state index contributed by atoms with van der Waals surface area (Å²) in [6, 6.07) is 0. The molecule has 0 radical (unpaired) electrons. The molecule has 2 aliphatic rings. The Morgan fingerprint density at radius 2 is 1.92 bits per heavy atom. The van der Waals surface area contributed by atoms with Gasteiger partial charge in [-0.2, -0.15) is 0 Å². The lowest BCUT2D eigenvalue weighted by molar-refractivity contribution is -0.164. The second-order valence-corrected chi connectivity index (χ2v) is 7.27. The topological polar surface area (TPSA) is 72.8 Å². The molecule has 2 aliphatic carbocycles. The van der Waals surface area contributed by atoms with Gasteiger partial charge in [0.05, 0.1) is 25.7 Å². The van der Waals surface area contributed by atoms with Crippen LogP contribution in [0.3, 0.4) is 0 Å². The molecule has 0 spiro atoms. The van der Waals surface area contributed by atoms with Crippen molar-refractivity contribution in [3.8, 4) is 0 Å². The molecule has 1 saturated carbocycles. The lowest BCUT2D eigenvalue weighted by atomic mass is 9.55. The van der Waals surface area contributed by atoms with Crippen molar-refractivity contribution in [1.29, 1.82) is 0 Å². The Morgan fingerprint density at radius 3 is 2.58 bits per heavy atom. The zero-order valence-corrected chi connectivity index (χ0v) is 15.0. The summed E-state index contributed by atoms with van der Waals surface area (Å²) in [5, 5.41) is 10.3. The summed E-state index contributed by atoms with van der Waals surface area (Å²) in [4.78, 5) is 23.9. The van der Waals surface area contributed by atoms with Crippen molar-refractivity contribution in [3.63, 3.8) is 0 Å². The fourth-order valence-electron chi connectivity index (χ4n) is 4.55. The van der Waals surface area contributed by atoms with Gasteiger partial charge in [-0.05, 0) is 44.4 Å². The summed E-state index contributed by atoms with van der Waals surface area (Å²) in [6.45, 7) is 1.99. The third kappa shape index (κ3) is 3.66. The van der Waals surface area contributed by atoms with E-state index >= 15 is 0 Å². The predicted octanol–water partition coefficient (Wildman–Crippen LogP) is 2.86. The number of unbranched alkanes of at least 4 members (excludes halogenated alkanes) is 1. The van der Waals surface area contributed by atoms with Crippen molar-refractivity contribution < 1.29 is 24.2 Å². The normalized spacial score (nSPS) is 35.2. The van der Waals surface area contributed by atoms with Gasteiger partial charge in [-0.25, -0.2) is 0 Å². The third-order valence-electron chi connectivity index (χ3n) is 6.03. The second kappa shape index (κ2) is 8.15. The van der Waals surface area contributed by atoms with Crippen molar-refractivity contribution in [2.24, 2.45) is 23.2 Å². The maximum atomic E-state index is 12.6. The van der Waals surface area contributed by atoms with Gasteiger partial charge in [0.15, 0.2) is 0 Å². The average Bonchev–Trinajstić information content (AvgIpc) is 2.59. The Balaban J connectivity index is 2.11. The SMILES string of the molecule is COC(=O)CCCC[C@@H]1C=C[C@H]2[C@@H](CCC[C@@H]2O)[C@]1(C)C(=O)OC. The van der Waals surface area contributed by atoms with Crippen molar-refractivity contribution in [2.75, 3.05) is 14.2 Å². The Bertz CT molecular complexity index is 486. The molecule has 0 aromatic heterocycles. The molecule has 0 unspecified atom stereocenters. The highest BCUT2D eigenvalue weighted by molar-refractivity contribution is 5.78. The number of fused-ring (bicyclic) bond motifs is 1. The molecule has 2 rings (SSSR count). The van der Waals surface area contributed by atoms with Gasteiger partial charge in [0.2, 0.25) is 0 Å². The average molecular weight is 338 g/mol. The minimum absolute atomic E-state index is 0.0363. The van der Waals surface area contributed by atoms with Crippen LogP contribution >= 0.6 is 0 Å². The summed E-state index contributed by atoms with van der Waals surface area (Å²) in [5.74, 6) is -0.151. The molecule has 1 N–H and O–H groups in total. The summed E-state index contributed by atoms with van der Waals surface area (Å²) in [5.41, 5.74) is -0.610. The summed E-state index contributed by atoms with van der Waals surface area (Å²) in [7, 11) is 2.84. The lowest BCUT2D eigenvalue weighted by Crippen LogP contribution is -2.51. The largest absolute Gasteiger partial charge is 0.469 e. The second-order valence-electron chi connectivity index (χ2n) is 7.27. The summed E-state index contributed by atoms with van der Waals surface area (Å²) in [6.07, 6.45) is 9.35. The van der Waals surface area contributed by atoms with Gasteiger partial charge in [-0.3, -0.25) is 9.59 Å². The Kier molecular flexibility index (Phi) is 6.44. The van der Waals surface area contributed by atoms with Crippen molar-refractivity contribution in [2.45, 2.75) is 58.0 Å². The minimum Gasteiger partial charge on any atom is -0.469 e. The number of carbonyl (C=O) groups is 2. The fraction of sp³-hybridized carbons (Fsp3) is 0.789. The van der Waals surface area contributed by atoms with Crippen molar-refractivity contribution >= 4 is 11.9 Å². The molecule has 24 heavy (non-hydrogen) atoms. The Morgan fingerprint density at radius 1 is 1.17 bits per heavy atom. The number of rotatable bonds is 6. The van der Waals surface area contributed by atoms with Gasteiger partial charge in [-0.15, -0.1) is 0 Å². The standard InChI is InChI=1S/C19H30O5/c1-19(18(22)24-3)13(7-4-5-10-17(21)23-2)11-12-14-15(19)8-6-9-16(14)20/h11-16,20H,4-10H2,1-3H3/t13-,14+,15-,16+,19-/m1/s1. The highest BCUT2D eigenvalue weighted by atomic mass is 16.5. The molecule has 1 fully saturated rings. The number of methoxy groups -OCH3 is 2. The highest BCUT2D eigenvalue weighted by Gasteiger charge is 2.53. The molecular formula is C19H30O5. The van der Waals surface area contributed by atoms with E-state index in [4.69, 9.17) is 4.74 Å². The number of esters is 2. The zero-order valence-electron chi connectivity index (χ0n) is 15.0. The van der Waals surface area contributed by atoms with Gasteiger partial charge in [0, 0.05) is 12.3 Å². The van der Waals surface area contributed by atoms with Crippen LogP contribution in [0.4, 0.5) is 0 Å². The lowest BCUT2D eigenvalue weighted by Gasteiger charge is -2.49. The van der Waals surface area contributed by atoms with E-state index in [0.29, 0.717) is 6.42 Å². The van der Waals surface area contributed by atoms with Crippen LogP contribution < -0.4 is 0 Å². The number of ether oxygens (including phenoxy) is 2. The fourth-order valence-corrected chi connectivity index (χ4v) is 4.55. The van der Waals surface area contributed by atoms with Gasteiger partial charge < -0.3 is 14.6 Å². The van der Waals surface area contributed by atoms with E-state index in [2.05, 4.69) is 16.9 Å². The molecule has 0 aliphatic heterocycles. The van der Waals surface area contributed by atoms with E-state index < -0.39 is 5.41 Å². The maximum absolute atomic E-state index is 12.6. The quantitative estimate of drug-likeness (QED) is 0.458. The Labute approximate surface area is 144 Å². The molecule has 0 saturated heterocycles. The summed E-state index contributed by atoms with van der Waals surface area (Å²) >= 11 is 0. The number of hydrogen-bond acceptors (Lipinski definition) is 5. The number of carbonyl (C=O) groups excluding carboxylic acids is 2. The van der Waals surface area contributed by atoms with E-state index in [9.17, 15) is 14.7 Å². The van der Waals surface area contributed by atoms with E-state index in [1.807, 2.05) is 6.92 Å². The maximum Gasteiger partial charge on any atom is 0.312 e. The molecule has 0 bridgehead atoms. The zero-order chi connectivity index (χ0) is 17.7. The molecule has 136 valence electrons. The highest BCUT2D eigenvalue weighted by Crippen LogP contribution is 2.52. The number of hydrogen-bond donors (Lipinski definition) is 1. The van der Waals surface area contributed by atoms with Crippen LogP contribution in [0.15, 0.2) is 12.2 Å². The first kappa shape index (κ1) is 19.0. The first-order valence-corrected chi connectivity index (χ1v) is 8.96. The molecule has 0 amide bonds. The third-order valence-corrected chi connectivity index (χ3v) is 6.03. The van der Waals surface area contributed by atoms with E-state index in [-0.39, 0.29) is 35.8 Å². The number of aliphatic hydroxyl groups is 1. The summed E-state index contributed by atoms with van der Waals surface area (Å²) < 4.78 is 9.81. The van der Waals surface area contributed by atoms with Crippen molar-refractivity contribution in [1.82, 2.24) is 0 Å². The van der Waals surface area contributed by atoms with Crippen LogP contribution in [0.25, 0.3) is 0 Å². The van der Waals surface area contributed by atoms with Crippen LogP contribution in [0.5, 0.6) is 0 Å². The minimum atomic E-state index is -0.610. The van der Waals surface area contributed by atoms with Crippen molar-refractivity contribution in [3.05, 3.63) is 12.2 Å². The smallest absolute Gasteiger partial charge is 0.312 e. The first-order valence-electron chi connectivity index (χ1n) is 8.96. The van der Waals surface area contributed by atoms with E-state index in [1.54, 1.807) is 0 Å². The van der Waals surface area contributed by atoms with Crippen LogP contribution in [0.2, 0.25) is 0 Å². The number of aliphatic hydroxyl groups excluding tert-OH is 1. The molecule has 5 nitrogen and oxygen atoms in total. The van der Waals surface area contributed by atoms with E-state index in [1.165, 1.54) is 14.2 Å². The molecule has 0 heterocycles. The molecule has 5 heteroatoms. The van der Waals surface area contributed by atoms with Gasteiger partial charge in [0.1, 0.15) is 0 Å². The van der Waals surface area contributed by atoms with Crippen LogP contribution in [0.1, 0.15) is 51.9 Å². The van der Waals surface area contributed by atoms with Crippen LogP contribution in [-0.4, -0.2) is 37.4 Å². The van der Waals surface area contributed by atoms with Gasteiger partial charge in [0.25, 0.3) is 0 Å². The molecule has 0 aromatic rings. The Hall–Kier alpha value is -1.36. The van der Waals surface area contributed by atoms with Crippen LogP contribution in [0, 0.1) is 23.2 Å². The molecular weight excluding hydrogens is 308 g/mol. The number of allylic oxidation sites excluding steroid dienone is 1. The monoisotopic (exact) mass is 338 g/mol. The van der Waals surface area contributed by atoms with Gasteiger partial charge in [-0.1, -0.05) is 25.0 Å². The van der Waals surface area contributed by atoms with E-state index in [0.717, 1.165) is 38.5 Å². The van der Waals surface area contributed by atoms with Crippen LogP contribution in [-0.2, 0) is 19.1 Å². The first-order chi connectivity index (χ1) is 11.4. The molecule has 5 atom stereocenters.